The fourth-order valence-corrected chi connectivity index (χ4v) is 6.01. The minimum atomic E-state index is -3.30. The Kier molecular flexibility index (Phi) is 7.39. The second-order valence-electron chi connectivity index (χ2n) is 9.12. The molecule has 0 aliphatic carbocycles. The highest BCUT2D eigenvalue weighted by atomic mass is 32.2. The van der Waals surface area contributed by atoms with E-state index < -0.39 is 21.9 Å². The molecule has 12 heteroatoms. The van der Waals surface area contributed by atoms with Crippen molar-refractivity contribution in [1.82, 2.24) is 14.5 Å². The van der Waals surface area contributed by atoms with Crippen molar-refractivity contribution in [3.63, 3.8) is 0 Å². The Morgan fingerprint density at radius 3 is 2.47 bits per heavy atom. The van der Waals surface area contributed by atoms with Gasteiger partial charge in [-0.25, -0.2) is 13.4 Å². The molecule has 0 radical (unpaired) electrons. The molecule has 0 saturated heterocycles. The number of rotatable bonds is 8. The number of alkyl halides is 2. The highest BCUT2D eigenvalue weighted by molar-refractivity contribution is 7.90. The van der Waals surface area contributed by atoms with E-state index in [1.54, 1.807) is 12.1 Å². The van der Waals surface area contributed by atoms with Gasteiger partial charge in [-0.15, -0.1) is 11.3 Å². The first-order valence-corrected chi connectivity index (χ1v) is 13.9. The molecule has 1 aliphatic heterocycles. The maximum Gasteiger partial charge on any atom is 0.321 e. The molecule has 192 valence electrons. The van der Waals surface area contributed by atoms with E-state index in [1.165, 1.54) is 35.6 Å². The van der Waals surface area contributed by atoms with Crippen LogP contribution >= 0.6 is 11.3 Å². The molecule has 1 aromatic carbocycles. The van der Waals surface area contributed by atoms with Crippen LogP contribution in [0.15, 0.2) is 52.3 Å². The number of anilines is 1. The van der Waals surface area contributed by atoms with Crippen molar-refractivity contribution in [2.75, 3.05) is 11.6 Å². The predicted octanol–water partition coefficient (Wildman–Crippen LogP) is 4.00. The zero-order chi connectivity index (χ0) is 26.2. The van der Waals surface area contributed by atoms with Gasteiger partial charge < -0.3 is 5.32 Å². The van der Waals surface area contributed by atoms with Gasteiger partial charge in [0.25, 0.3) is 5.56 Å². The van der Waals surface area contributed by atoms with Gasteiger partial charge in [0, 0.05) is 36.5 Å². The van der Waals surface area contributed by atoms with Gasteiger partial charge in [-0.3, -0.25) is 19.1 Å². The number of fused-ring (bicyclic) bond motifs is 1. The molecule has 2 aromatic heterocycles. The number of hydrogen-bond acceptors (Lipinski definition) is 7. The molecule has 36 heavy (non-hydrogen) atoms. The Hall–Kier alpha value is -2.96. The zero-order valence-electron chi connectivity index (χ0n) is 19.9. The van der Waals surface area contributed by atoms with Crippen LogP contribution in [-0.2, 0) is 34.1 Å². The van der Waals surface area contributed by atoms with Crippen LogP contribution in [0.1, 0.15) is 48.1 Å². The zero-order valence-corrected chi connectivity index (χ0v) is 21.6. The van der Waals surface area contributed by atoms with Crippen molar-refractivity contribution >= 4 is 32.2 Å². The molecule has 1 atom stereocenters. The maximum atomic E-state index is 12.9. The minimum Gasteiger partial charge on any atom is -0.302 e. The molecule has 0 fully saturated rings. The highest BCUT2D eigenvalue weighted by Crippen LogP contribution is 2.43. The van der Waals surface area contributed by atoms with E-state index in [2.05, 4.69) is 29.0 Å². The standard InChI is InChI=1S/C24H26F2N4O4S2/c1-14(2)22-21-18(13-29(22)12-16-8-9-30(23(25)26)20(32)11-16)35-24(28-21)27-19(31)10-15-4-6-17(7-5-15)36(3,33)34/h4-9,11,14,22-23H,10,12-13H2,1-3H3,(H,27,28,31). The predicted molar refractivity (Wildman–Crippen MR) is 133 cm³/mol. The summed E-state index contributed by atoms with van der Waals surface area (Å²) in [5, 5.41) is 3.32. The monoisotopic (exact) mass is 536 g/mol. The number of benzene rings is 1. The summed E-state index contributed by atoms with van der Waals surface area (Å²) in [7, 11) is -3.30. The molecule has 0 bridgehead atoms. The number of thiazole rings is 1. The number of pyridine rings is 1. The van der Waals surface area contributed by atoms with Crippen LogP contribution in [0.2, 0.25) is 0 Å². The van der Waals surface area contributed by atoms with Gasteiger partial charge in [0.2, 0.25) is 5.91 Å². The molecule has 8 nitrogen and oxygen atoms in total. The first-order chi connectivity index (χ1) is 16.9. The number of nitrogens with one attached hydrogen (secondary N) is 1. The van der Waals surface area contributed by atoms with Crippen LogP contribution in [0.25, 0.3) is 0 Å². The second-order valence-corrected chi connectivity index (χ2v) is 12.2. The van der Waals surface area contributed by atoms with Gasteiger partial charge >= 0.3 is 6.55 Å². The van der Waals surface area contributed by atoms with E-state index in [0.717, 1.165) is 23.0 Å². The molecule has 3 aromatic rings. The third-order valence-corrected chi connectivity index (χ3v) is 8.05. The minimum absolute atomic E-state index is 0.0528. The lowest BCUT2D eigenvalue weighted by Gasteiger charge is -2.27. The van der Waals surface area contributed by atoms with Crippen molar-refractivity contribution in [3.05, 3.63) is 74.6 Å². The van der Waals surface area contributed by atoms with Crippen molar-refractivity contribution in [2.24, 2.45) is 5.92 Å². The van der Waals surface area contributed by atoms with Crippen molar-refractivity contribution in [3.8, 4) is 0 Å². The Morgan fingerprint density at radius 1 is 1.19 bits per heavy atom. The fraction of sp³-hybridized carbons (Fsp3) is 0.375. The molecule has 1 unspecified atom stereocenters. The van der Waals surface area contributed by atoms with Crippen LogP contribution < -0.4 is 10.9 Å². The summed E-state index contributed by atoms with van der Waals surface area (Å²) in [6, 6.07) is 8.90. The number of hydrogen-bond donors (Lipinski definition) is 1. The largest absolute Gasteiger partial charge is 0.321 e. The van der Waals surface area contributed by atoms with Crippen molar-refractivity contribution in [1.29, 1.82) is 0 Å². The molecule has 0 spiro atoms. The Bertz CT molecular complexity index is 1430. The summed E-state index contributed by atoms with van der Waals surface area (Å²) in [6.07, 6.45) is 2.32. The number of nitrogens with zero attached hydrogens (tertiary/aromatic N) is 3. The highest BCUT2D eigenvalue weighted by Gasteiger charge is 2.36. The van der Waals surface area contributed by atoms with Gasteiger partial charge in [-0.05, 0) is 35.2 Å². The van der Waals surface area contributed by atoms with Gasteiger partial charge in [0.1, 0.15) is 0 Å². The smallest absolute Gasteiger partial charge is 0.302 e. The van der Waals surface area contributed by atoms with Gasteiger partial charge in [0.15, 0.2) is 15.0 Å². The summed E-state index contributed by atoms with van der Waals surface area (Å²) in [5.74, 6) is -0.0706. The third kappa shape index (κ3) is 5.71. The molecular formula is C24H26F2N4O4S2. The average Bonchev–Trinajstić information content (AvgIpc) is 3.29. The SMILES string of the molecule is CC(C)C1c2nc(NC(=O)Cc3ccc(S(C)(=O)=O)cc3)sc2CN1Cc1ccn(C(F)F)c(=O)c1. The number of aromatic nitrogens is 2. The topological polar surface area (TPSA) is 101 Å². The van der Waals surface area contributed by atoms with E-state index in [9.17, 15) is 26.8 Å². The maximum absolute atomic E-state index is 12.9. The van der Waals surface area contributed by atoms with Crippen LogP contribution in [0.4, 0.5) is 13.9 Å². The van der Waals surface area contributed by atoms with Crippen molar-refractivity contribution in [2.45, 2.75) is 50.8 Å². The number of sulfone groups is 1. The normalized spacial score (nSPS) is 16.0. The molecular weight excluding hydrogens is 510 g/mol. The van der Waals surface area contributed by atoms with Crippen LogP contribution in [0.5, 0.6) is 0 Å². The summed E-state index contributed by atoms with van der Waals surface area (Å²) in [5.41, 5.74) is 1.45. The molecule has 3 heterocycles. The average molecular weight is 537 g/mol. The van der Waals surface area contributed by atoms with Crippen molar-refractivity contribution < 1.29 is 22.0 Å². The van der Waals surface area contributed by atoms with E-state index >= 15 is 0 Å². The van der Waals surface area contributed by atoms with Crippen LogP contribution in [0, 0.1) is 5.92 Å². The first-order valence-electron chi connectivity index (χ1n) is 11.2. The van der Waals surface area contributed by atoms with Gasteiger partial charge in [-0.2, -0.15) is 8.78 Å². The lowest BCUT2D eigenvalue weighted by molar-refractivity contribution is -0.115. The number of amides is 1. The fourth-order valence-electron chi connectivity index (χ4n) is 4.34. The van der Waals surface area contributed by atoms with E-state index in [0.29, 0.717) is 33.9 Å². The lowest BCUT2D eigenvalue weighted by atomic mass is 10.0. The van der Waals surface area contributed by atoms with Gasteiger partial charge in [-0.1, -0.05) is 26.0 Å². The Balaban J connectivity index is 1.44. The summed E-state index contributed by atoms with van der Waals surface area (Å²) in [6.45, 7) is 2.21. The Morgan fingerprint density at radius 2 is 1.89 bits per heavy atom. The quantitative estimate of drug-likeness (QED) is 0.467. The van der Waals surface area contributed by atoms with Crippen LogP contribution in [0.3, 0.4) is 0 Å². The van der Waals surface area contributed by atoms with E-state index in [-0.39, 0.29) is 29.2 Å². The Labute approximate surface area is 211 Å². The molecule has 4 rings (SSSR count). The molecule has 1 aliphatic rings. The summed E-state index contributed by atoms with van der Waals surface area (Å²) in [4.78, 5) is 32.5. The molecule has 0 saturated carbocycles. The van der Waals surface area contributed by atoms with E-state index in [1.807, 2.05) is 0 Å². The number of halogens is 2. The lowest BCUT2D eigenvalue weighted by Crippen LogP contribution is -2.27. The number of carbonyl (C=O) groups is 1. The summed E-state index contributed by atoms with van der Waals surface area (Å²) >= 11 is 1.38. The molecule has 1 amide bonds. The number of carbonyl (C=O) groups excluding carboxylic acids is 1. The first kappa shape index (κ1) is 26.1. The third-order valence-electron chi connectivity index (χ3n) is 5.95. The second kappa shape index (κ2) is 10.2. The van der Waals surface area contributed by atoms with E-state index in [4.69, 9.17) is 0 Å². The van der Waals surface area contributed by atoms with Crippen LogP contribution in [-0.4, -0.2) is 35.0 Å². The summed E-state index contributed by atoms with van der Waals surface area (Å²) < 4.78 is 49.3. The van der Waals surface area contributed by atoms with Gasteiger partial charge in [0.05, 0.1) is 23.1 Å². The molecule has 1 N–H and O–H groups in total.